The number of aromatic nitrogens is 2. The molecule has 4 nitrogen and oxygen atoms in total. The van der Waals surface area contributed by atoms with Gasteiger partial charge in [0.05, 0.1) is 11.9 Å². The zero-order valence-electron chi connectivity index (χ0n) is 6.75. The van der Waals surface area contributed by atoms with Gasteiger partial charge < -0.3 is 10.2 Å². The predicted octanol–water partition coefficient (Wildman–Crippen LogP) is 1.28. The van der Waals surface area contributed by atoms with Crippen LogP contribution in [0.5, 0.6) is 11.6 Å². The van der Waals surface area contributed by atoms with Crippen molar-refractivity contribution in [2.24, 2.45) is 0 Å². The standard InChI is InChI=1S/C9H8N2O2/c12-8-6-11(10-9(8)13)7-4-2-1-3-5-7/h1-6,12H,(H,10,13). The first-order valence-corrected chi connectivity index (χ1v) is 3.80. The van der Waals surface area contributed by atoms with E-state index in [1.165, 1.54) is 10.9 Å². The maximum Gasteiger partial charge on any atom is 0.273 e. The Bertz CT molecular complexity index is 389. The molecule has 1 aromatic heterocycles. The smallest absolute Gasteiger partial charge is 0.273 e. The van der Waals surface area contributed by atoms with Crippen molar-refractivity contribution in [2.45, 2.75) is 0 Å². The summed E-state index contributed by atoms with van der Waals surface area (Å²) in [6.07, 6.45) is 1.35. The Kier molecular flexibility index (Phi) is 1.66. The zero-order valence-corrected chi connectivity index (χ0v) is 6.75. The van der Waals surface area contributed by atoms with Gasteiger partial charge in [-0.05, 0) is 12.1 Å². The SMILES string of the molecule is Oc1cn(-c2ccccc2)nc1O. The van der Waals surface area contributed by atoms with Gasteiger partial charge in [0.15, 0.2) is 5.75 Å². The van der Waals surface area contributed by atoms with E-state index in [1.54, 1.807) is 0 Å². The number of hydrogen-bond acceptors (Lipinski definition) is 3. The van der Waals surface area contributed by atoms with Crippen LogP contribution in [0.25, 0.3) is 5.69 Å². The first-order chi connectivity index (χ1) is 6.27. The first-order valence-electron chi connectivity index (χ1n) is 3.80. The molecule has 0 amide bonds. The summed E-state index contributed by atoms with van der Waals surface area (Å²) in [6, 6.07) is 9.24. The van der Waals surface area contributed by atoms with E-state index in [9.17, 15) is 0 Å². The first kappa shape index (κ1) is 7.67. The summed E-state index contributed by atoms with van der Waals surface area (Å²) in [5.41, 5.74) is 0.790. The van der Waals surface area contributed by atoms with Crippen LogP contribution in [-0.2, 0) is 0 Å². The molecule has 66 valence electrons. The lowest BCUT2D eigenvalue weighted by Gasteiger charge is -1.97. The van der Waals surface area contributed by atoms with Gasteiger partial charge in [-0.15, -0.1) is 5.10 Å². The van der Waals surface area contributed by atoms with Crippen molar-refractivity contribution in [2.75, 3.05) is 0 Å². The molecule has 0 atom stereocenters. The molecule has 0 fully saturated rings. The summed E-state index contributed by atoms with van der Waals surface area (Å²) in [6.45, 7) is 0. The molecule has 0 saturated carbocycles. The Morgan fingerprint density at radius 1 is 1.08 bits per heavy atom. The predicted molar refractivity (Wildman–Crippen MR) is 46.9 cm³/mol. The molecule has 0 aliphatic heterocycles. The van der Waals surface area contributed by atoms with Crippen LogP contribution < -0.4 is 0 Å². The fraction of sp³-hybridized carbons (Fsp3) is 0. The van der Waals surface area contributed by atoms with Crippen LogP contribution in [0.4, 0.5) is 0 Å². The van der Waals surface area contributed by atoms with Gasteiger partial charge in [0.25, 0.3) is 5.88 Å². The average molecular weight is 176 g/mol. The largest absolute Gasteiger partial charge is 0.502 e. The molecular weight excluding hydrogens is 168 g/mol. The number of benzene rings is 1. The van der Waals surface area contributed by atoms with E-state index in [4.69, 9.17) is 10.2 Å². The van der Waals surface area contributed by atoms with E-state index in [-0.39, 0.29) is 11.6 Å². The number of rotatable bonds is 1. The van der Waals surface area contributed by atoms with Gasteiger partial charge in [0, 0.05) is 0 Å². The molecule has 2 aromatic rings. The second-order valence-corrected chi connectivity index (χ2v) is 2.62. The Balaban J connectivity index is 2.48. The normalized spacial score (nSPS) is 10.2. The maximum absolute atomic E-state index is 9.07. The Morgan fingerprint density at radius 2 is 1.77 bits per heavy atom. The minimum Gasteiger partial charge on any atom is -0.502 e. The molecule has 13 heavy (non-hydrogen) atoms. The lowest BCUT2D eigenvalue weighted by atomic mass is 10.3. The third kappa shape index (κ3) is 1.33. The molecule has 0 saturated heterocycles. The van der Waals surface area contributed by atoms with Gasteiger partial charge in [-0.1, -0.05) is 18.2 Å². The van der Waals surface area contributed by atoms with Gasteiger partial charge in [0.1, 0.15) is 0 Å². The highest BCUT2D eigenvalue weighted by atomic mass is 16.3. The van der Waals surface area contributed by atoms with Crippen molar-refractivity contribution in [3.05, 3.63) is 36.5 Å². The molecule has 0 radical (unpaired) electrons. The summed E-state index contributed by atoms with van der Waals surface area (Å²) in [5, 5.41) is 21.8. The highest BCUT2D eigenvalue weighted by Gasteiger charge is 2.05. The van der Waals surface area contributed by atoms with Crippen molar-refractivity contribution in [1.29, 1.82) is 0 Å². The van der Waals surface area contributed by atoms with Crippen LogP contribution in [0.2, 0.25) is 0 Å². The quantitative estimate of drug-likeness (QED) is 0.688. The number of aromatic hydroxyl groups is 2. The third-order valence-electron chi connectivity index (χ3n) is 1.70. The molecule has 2 N–H and O–H groups in total. The average Bonchev–Trinajstić information content (AvgIpc) is 2.49. The van der Waals surface area contributed by atoms with E-state index in [2.05, 4.69) is 5.10 Å². The molecule has 1 heterocycles. The minimum atomic E-state index is -0.358. The van der Waals surface area contributed by atoms with Gasteiger partial charge in [-0.2, -0.15) is 0 Å². The molecule has 0 bridgehead atoms. The summed E-state index contributed by atoms with van der Waals surface area (Å²) in [5.74, 6) is -0.576. The fourth-order valence-corrected chi connectivity index (χ4v) is 1.07. The van der Waals surface area contributed by atoms with Gasteiger partial charge in [-0.3, -0.25) is 0 Å². The van der Waals surface area contributed by atoms with E-state index < -0.39 is 0 Å². The van der Waals surface area contributed by atoms with E-state index in [1.807, 2.05) is 30.3 Å². The van der Waals surface area contributed by atoms with Crippen molar-refractivity contribution in [3.8, 4) is 17.3 Å². The molecule has 0 unspecified atom stereocenters. The lowest BCUT2D eigenvalue weighted by Crippen LogP contribution is -1.92. The minimum absolute atomic E-state index is 0.219. The molecule has 0 spiro atoms. The second kappa shape index (κ2) is 2.82. The highest BCUT2D eigenvalue weighted by molar-refractivity contribution is 5.36. The number of nitrogens with zero attached hydrogens (tertiary/aromatic N) is 2. The highest BCUT2D eigenvalue weighted by Crippen LogP contribution is 2.22. The molecule has 4 heteroatoms. The number of para-hydroxylation sites is 1. The third-order valence-corrected chi connectivity index (χ3v) is 1.70. The van der Waals surface area contributed by atoms with Crippen molar-refractivity contribution >= 4 is 0 Å². The molecule has 2 rings (SSSR count). The van der Waals surface area contributed by atoms with Crippen molar-refractivity contribution < 1.29 is 10.2 Å². The Hall–Kier alpha value is -1.97. The van der Waals surface area contributed by atoms with Crippen LogP contribution in [0.3, 0.4) is 0 Å². The molecular formula is C9H8N2O2. The summed E-state index contributed by atoms with van der Waals surface area (Å²) >= 11 is 0. The van der Waals surface area contributed by atoms with Crippen molar-refractivity contribution in [1.82, 2.24) is 9.78 Å². The molecule has 0 aliphatic rings. The maximum atomic E-state index is 9.07. The summed E-state index contributed by atoms with van der Waals surface area (Å²) in [7, 11) is 0. The van der Waals surface area contributed by atoms with Crippen LogP contribution in [-0.4, -0.2) is 20.0 Å². The Morgan fingerprint density at radius 3 is 2.31 bits per heavy atom. The Labute approximate surface area is 74.7 Å². The fourth-order valence-electron chi connectivity index (χ4n) is 1.07. The monoisotopic (exact) mass is 176 g/mol. The molecule has 1 aromatic carbocycles. The topological polar surface area (TPSA) is 58.3 Å². The number of hydrogen-bond donors (Lipinski definition) is 2. The van der Waals surface area contributed by atoms with Crippen LogP contribution in [0, 0.1) is 0 Å². The summed E-state index contributed by atoms with van der Waals surface area (Å²) < 4.78 is 1.41. The lowest BCUT2D eigenvalue weighted by molar-refractivity contribution is 0.394. The zero-order chi connectivity index (χ0) is 9.26. The van der Waals surface area contributed by atoms with Crippen LogP contribution >= 0.6 is 0 Å². The van der Waals surface area contributed by atoms with Gasteiger partial charge >= 0.3 is 0 Å². The van der Waals surface area contributed by atoms with Crippen LogP contribution in [0.15, 0.2) is 36.5 Å². The molecule has 0 aliphatic carbocycles. The summed E-state index contributed by atoms with van der Waals surface area (Å²) in [4.78, 5) is 0. The van der Waals surface area contributed by atoms with Crippen molar-refractivity contribution in [3.63, 3.8) is 0 Å². The van der Waals surface area contributed by atoms with E-state index >= 15 is 0 Å². The van der Waals surface area contributed by atoms with Crippen LogP contribution in [0.1, 0.15) is 0 Å². The van der Waals surface area contributed by atoms with E-state index in [0.29, 0.717) is 0 Å². The van der Waals surface area contributed by atoms with E-state index in [0.717, 1.165) is 5.69 Å². The van der Waals surface area contributed by atoms with Gasteiger partial charge in [-0.25, -0.2) is 4.68 Å². The second-order valence-electron chi connectivity index (χ2n) is 2.62. The van der Waals surface area contributed by atoms with Gasteiger partial charge in [0.2, 0.25) is 0 Å².